The van der Waals surface area contributed by atoms with Gasteiger partial charge < -0.3 is 10.6 Å². The van der Waals surface area contributed by atoms with Crippen LogP contribution in [0.3, 0.4) is 0 Å². The van der Waals surface area contributed by atoms with Gasteiger partial charge >= 0.3 is 0 Å². The molecule has 0 amide bonds. The van der Waals surface area contributed by atoms with Crippen LogP contribution in [-0.4, -0.2) is 63.3 Å². The Labute approximate surface area is 193 Å². The van der Waals surface area contributed by atoms with Crippen molar-refractivity contribution >= 4 is 40.0 Å². The number of nitrogens with one attached hydrogen (secondary N) is 3. The molecule has 0 bridgehead atoms. The molecule has 1 heterocycles. The lowest BCUT2D eigenvalue weighted by molar-refractivity contribution is 0.134. The van der Waals surface area contributed by atoms with Crippen molar-refractivity contribution in [1.82, 2.24) is 20.3 Å². The normalized spacial score (nSPS) is 21.3. The Morgan fingerprint density at radius 1 is 1.28 bits per heavy atom. The van der Waals surface area contributed by atoms with Crippen molar-refractivity contribution in [3.63, 3.8) is 0 Å². The monoisotopic (exact) mass is 537 g/mol. The molecule has 0 saturated carbocycles. The van der Waals surface area contributed by atoms with E-state index >= 15 is 0 Å². The summed E-state index contributed by atoms with van der Waals surface area (Å²) in [5.41, 5.74) is 0.746. The van der Waals surface area contributed by atoms with Crippen LogP contribution in [0.1, 0.15) is 39.2 Å². The first-order chi connectivity index (χ1) is 13.1. The zero-order valence-electron chi connectivity index (χ0n) is 18.1. The standard InChI is InChI=1S/C20H35N5O2S.HI/c1-16-13-18(11-12-25(16)14-17-9-7-6-8-10-17)23-19(21-4)22-15-20(2,3)24-28(5,26)27;/h6-10,16,18,24H,11-15H2,1-5H3,(H2,21,22,23);1H. The van der Waals surface area contributed by atoms with Crippen molar-refractivity contribution in [3.8, 4) is 0 Å². The Kier molecular flexibility index (Phi) is 10.3. The van der Waals surface area contributed by atoms with E-state index in [1.807, 2.05) is 13.8 Å². The lowest BCUT2D eigenvalue weighted by Gasteiger charge is -2.38. The first-order valence-electron chi connectivity index (χ1n) is 9.82. The number of benzene rings is 1. The van der Waals surface area contributed by atoms with Gasteiger partial charge in [0.15, 0.2) is 5.96 Å². The van der Waals surface area contributed by atoms with Crippen LogP contribution in [-0.2, 0) is 16.6 Å². The van der Waals surface area contributed by atoms with Crippen molar-refractivity contribution in [3.05, 3.63) is 35.9 Å². The summed E-state index contributed by atoms with van der Waals surface area (Å²) in [7, 11) is -1.52. The van der Waals surface area contributed by atoms with Crippen molar-refractivity contribution in [2.24, 2.45) is 4.99 Å². The smallest absolute Gasteiger partial charge is 0.209 e. The summed E-state index contributed by atoms with van der Waals surface area (Å²) in [6, 6.07) is 11.4. The number of aliphatic imine (C=N–C) groups is 1. The lowest BCUT2D eigenvalue weighted by atomic mass is 9.97. The topological polar surface area (TPSA) is 85.8 Å². The molecular formula is C20H36IN5O2S. The first kappa shape index (κ1) is 26.1. The van der Waals surface area contributed by atoms with Gasteiger partial charge in [-0.15, -0.1) is 24.0 Å². The van der Waals surface area contributed by atoms with Gasteiger partial charge in [0.05, 0.1) is 6.26 Å². The number of piperidine rings is 1. The maximum Gasteiger partial charge on any atom is 0.209 e. The van der Waals surface area contributed by atoms with Crippen LogP contribution >= 0.6 is 24.0 Å². The molecule has 1 aromatic rings. The first-order valence-corrected chi connectivity index (χ1v) is 11.7. The number of sulfonamides is 1. The van der Waals surface area contributed by atoms with Crippen LogP contribution in [0, 0.1) is 0 Å². The van der Waals surface area contributed by atoms with Crippen LogP contribution in [0.2, 0.25) is 0 Å². The van der Waals surface area contributed by atoms with Gasteiger partial charge in [-0.05, 0) is 39.2 Å². The van der Waals surface area contributed by atoms with E-state index in [2.05, 4.69) is 62.5 Å². The molecule has 3 N–H and O–H groups in total. The molecule has 29 heavy (non-hydrogen) atoms. The quantitative estimate of drug-likeness (QED) is 0.282. The molecule has 7 nitrogen and oxygen atoms in total. The highest BCUT2D eigenvalue weighted by Gasteiger charge is 2.27. The van der Waals surface area contributed by atoms with Crippen molar-refractivity contribution in [2.75, 3.05) is 26.4 Å². The van der Waals surface area contributed by atoms with E-state index in [1.54, 1.807) is 7.05 Å². The average Bonchev–Trinajstić information content (AvgIpc) is 2.60. The molecule has 2 unspecified atom stereocenters. The van der Waals surface area contributed by atoms with Gasteiger partial charge in [0.25, 0.3) is 0 Å². The Morgan fingerprint density at radius 3 is 2.48 bits per heavy atom. The largest absolute Gasteiger partial charge is 0.355 e. The fraction of sp³-hybridized carbons (Fsp3) is 0.650. The second-order valence-corrected chi connectivity index (χ2v) is 10.1. The molecule has 1 aliphatic heterocycles. The minimum Gasteiger partial charge on any atom is -0.355 e. The number of hydrogen-bond acceptors (Lipinski definition) is 4. The summed E-state index contributed by atoms with van der Waals surface area (Å²) in [6.07, 6.45) is 3.26. The summed E-state index contributed by atoms with van der Waals surface area (Å²) in [6.45, 7) is 8.42. The average molecular weight is 538 g/mol. The second kappa shape index (κ2) is 11.5. The van der Waals surface area contributed by atoms with Crippen LogP contribution in [0.4, 0.5) is 0 Å². The molecule has 1 saturated heterocycles. The molecular weight excluding hydrogens is 501 g/mol. The van der Waals surface area contributed by atoms with Crippen molar-refractivity contribution in [1.29, 1.82) is 0 Å². The third-order valence-corrected chi connectivity index (χ3v) is 5.89. The molecule has 1 aliphatic rings. The van der Waals surface area contributed by atoms with E-state index in [0.717, 1.165) is 25.9 Å². The summed E-state index contributed by atoms with van der Waals surface area (Å²) in [4.78, 5) is 6.81. The highest BCUT2D eigenvalue weighted by atomic mass is 127. The van der Waals surface area contributed by atoms with Gasteiger partial charge in [-0.3, -0.25) is 9.89 Å². The molecule has 0 radical (unpaired) electrons. The lowest BCUT2D eigenvalue weighted by Crippen LogP contribution is -2.55. The zero-order chi connectivity index (χ0) is 20.8. The predicted molar refractivity (Wildman–Crippen MR) is 131 cm³/mol. The maximum absolute atomic E-state index is 11.5. The van der Waals surface area contributed by atoms with Gasteiger partial charge in [-0.1, -0.05) is 30.3 Å². The second-order valence-electron chi connectivity index (χ2n) is 8.35. The molecule has 2 rings (SSSR count). The van der Waals surface area contributed by atoms with Crippen LogP contribution < -0.4 is 15.4 Å². The minimum absolute atomic E-state index is 0. The Hall–Kier alpha value is -0.910. The van der Waals surface area contributed by atoms with E-state index in [4.69, 9.17) is 0 Å². The van der Waals surface area contributed by atoms with E-state index in [1.165, 1.54) is 11.8 Å². The number of hydrogen-bond donors (Lipinski definition) is 3. The summed E-state index contributed by atoms with van der Waals surface area (Å²) < 4.78 is 25.6. The van der Waals surface area contributed by atoms with E-state index < -0.39 is 15.6 Å². The Bertz CT molecular complexity index is 755. The van der Waals surface area contributed by atoms with Gasteiger partial charge in [0.2, 0.25) is 10.0 Å². The van der Waals surface area contributed by atoms with Gasteiger partial charge in [0, 0.05) is 44.3 Å². The molecule has 166 valence electrons. The number of halogens is 1. The van der Waals surface area contributed by atoms with E-state index in [-0.39, 0.29) is 24.0 Å². The molecule has 0 aromatic heterocycles. The summed E-state index contributed by atoms with van der Waals surface area (Å²) in [5.74, 6) is 0.706. The third-order valence-electron chi connectivity index (χ3n) is 4.97. The predicted octanol–water partition coefficient (Wildman–Crippen LogP) is 2.15. The molecule has 0 aliphatic carbocycles. The molecule has 0 spiro atoms. The van der Waals surface area contributed by atoms with Crippen LogP contribution in [0.5, 0.6) is 0 Å². The number of likely N-dealkylation sites (tertiary alicyclic amines) is 1. The summed E-state index contributed by atoms with van der Waals surface area (Å²) >= 11 is 0. The van der Waals surface area contributed by atoms with E-state index in [9.17, 15) is 8.42 Å². The molecule has 1 fully saturated rings. The number of rotatable bonds is 7. The highest BCUT2D eigenvalue weighted by Crippen LogP contribution is 2.20. The van der Waals surface area contributed by atoms with Gasteiger partial charge in [-0.25, -0.2) is 13.1 Å². The Balaban J connectivity index is 0.00000420. The van der Waals surface area contributed by atoms with Gasteiger partial charge in [0.1, 0.15) is 0 Å². The SMILES string of the molecule is CN=C(NCC(C)(C)NS(C)(=O)=O)NC1CCN(Cc2ccccc2)C(C)C1.I. The molecule has 2 atom stereocenters. The minimum atomic E-state index is -3.26. The van der Waals surface area contributed by atoms with Crippen molar-refractivity contribution < 1.29 is 8.42 Å². The Morgan fingerprint density at radius 2 is 1.93 bits per heavy atom. The van der Waals surface area contributed by atoms with Gasteiger partial charge in [-0.2, -0.15) is 0 Å². The number of nitrogens with zero attached hydrogens (tertiary/aromatic N) is 2. The van der Waals surface area contributed by atoms with Crippen molar-refractivity contribution in [2.45, 2.75) is 57.8 Å². The highest BCUT2D eigenvalue weighted by molar-refractivity contribution is 14.0. The fourth-order valence-electron chi connectivity index (χ4n) is 3.64. The zero-order valence-corrected chi connectivity index (χ0v) is 21.3. The van der Waals surface area contributed by atoms with Crippen LogP contribution in [0.25, 0.3) is 0 Å². The third kappa shape index (κ3) is 9.63. The maximum atomic E-state index is 11.5. The summed E-state index contributed by atoms with van der Waals surface area (Å²) in [5, 5.41) is 6.73. The molecule has 1 aromatic carbocycles. The fourth-order valence-corrected chi connectivity index (χ4v) is 4.71. The molecule has 9 heteroatoms. The number of guanidine groups is 1. The van der Waals surface area contributed by atoms with Crippen LogP contribution in [0.15, 0.2) is 35.3 Å². The van der Waals surface area contributed by atoms with E-state index in [0.29, 0.717) is 24.6 Å².